The van der Waals surface area contributed by atoms with Crippen LogP contribution in [-0.2, 0) is 4.74 Å². The summed E-state index contributed by atoms with van der Waals surface area (Å²) in [6.07, 6.45) is 6.89. The lowest BCUT2D eigenvalue weighted by molar-refractivity contribution is 0.0886. The Hall–Kier alpha value is -0.0800. The van der Waals surface area contributed by atoms with Crippen molar-refractivity contribution >= 4 is 0 Å². The van der Waals surface area contributed by atoms with Crippen LogP contribution in [0.5, 0.6) is 0 Å². The fourth-order valence-electron chi connectivity index (χ4n) is 2.20. The predicted octanol–water partition coefficient (Wildman–Crippen LogP) is 2.97. The average Bonchev–Trinajstić information content (AvgIpc) is 2.76. The maximum absolute atomic E-state index is 5.68. The van der Waals surface area contributed by atoms with E-state index in [1.807, 2.05) is 0 Å². The summed E-state index contributed by atoms with van der Waals surface area (Å²) in [6, 6.07) is 0. The fraction of sp³-hybridized carbons (Fsp3) is 1.00. The van der Waals surface area contributed by atoms with Gasteiger partial charge in [0, 0.05) is 13.2 Å². The van der Waals surface area contributed by atoms with Crippen molar-refractivity contribution in [3.63, 3.8) is 0 Å². The van der Waals surface area contributed by atoms with E-state index in [1.165, 1.54) is 32.1 Å². The van der Waals surface area contributed by atoms with Crippen LogP contribution in [0.2, 0.25) is 0 Å². The SMILES string of the molecule is CCNCC(C)(CC)CCC1CCCO1. The van der Waals surface area contributed by atoms with Gasteiger partial charge in [-0.05, 0) is 44.1 Å². The lowest BCUT2D eigenvalue weighted by Gasteiger charge is -2.29. The van der Waals surface area contributed by atoms with Crippen LogP contribution in [0.1, 0.15) is 52.9 Å². The summed E-state index contributed by atoms with van der Waals surface area (Å²) in [5, 5.41) is 3.47. The van der Waals surface area contributed by atoms with Crippen LogP contribution < -0.4 is 5.32 Å². The molecule has 2 atom stereocenters. The van der Waals surface area contributed by atoms with Gasteiger partial charge in [-0.25, -0.2) is 0 Å². The van der Waals surface area contributed by atoms with E-state index in [9.17, 15) is 0 Å². The topological polar surface area (TPSA) is 21.3 Å². The number of nitrogens with one attached hydrogen (secondary N) is 1. The zero-order valence-electron chi connectivity index (χ0n) is 10.6. The van der Waals surface area contributed by atoms with E-state index in [0.29, 0.717) is 11.5 Å². The third-order valence-electron chi connectivity index (χ3n) is 3.75. The van der Waals surface area contributed by atoms with Crippen LogP contribution in [0, 0.1) is 5.41 Å². The summed E-state index contributed by atoms with van der Waals surface area (Å²) < 4.78 is 5.68. The first-order valence-corrected chi connectivity index (χ1v) is 6.52. The highest BCUT2D eigenvalue weighted by atomic mass is 16.5. The first-order valence-electron chi connectivity index (χ1n) is 6.52. The summed E-state index contributed by atoms with van der Waals surface area (Å²) in [6.45, 7) is 10.1. The summed E-state index contributed by atoms with van der Waals surface area (Å²) in [4.78, 5) is 0. The highest BCUT2D eigenvalue weighted by molar-refractivity contribution is 4.78. The molecule has 0 aromatic rings. The molecular formula is C13H27NO. The molecular weight excluding hydrogens is 186 g/mol. The van der Waals surface area contributed by atoms with E-state index in [2.05, 4.69) is 26.1 Å². The molecule has 2 nitrogen and oxygen atoms in total. The van der Waals surface area contributed by atoms with Gasteiger partial charge in [0.2, 0.25) is 0 Å². The van der Waals surface area contributed by atoms with Crippen molar-refractivity contribution in [1.82, 2.24) is 5.32 Å². The van der Waals surface area contributed by atoms with Crippen LogP contribution >= 0.6 is 0 Å². The van der Waals surface area contributed by atoms with Crippen LogP contribution in [0.3, 0.4) is 0 Å². The van der Waals surface area contributed by atoms with Gasteiger partial charge in [-0.2, -0.15) is 0 Å². The first kappa shape index (κ1) is 13.0. The van der Waals surface area contributed by atoms with Crippen molar-refractivity contribution in [2.75, 3.05) is 19.7 Å². The molecule has 1 aliphatic heterocycles. The largest absolute Gasteiger partial charge is 0.378 e. The molecule has 0 aromatic carbocycles. The first-order chi connectivity index (χ1) is 7.20. The van der Waals surface area contributed by atoms with Crippen molar-refractivity contribution in [1.29, 1.82) is 0 Å². The molecule has 1 rings (SSSR count). The van der Waals surface area contributed by atoms with Gasteiger partial charge in [0.05, 0.1) is 6.10 Å². The lowest BCUT2D eigenvalue weighted by Crippen LogP contribution is -2.32. The molecule has 0 saturated carbocycles. The van der Waals surface area contributed by atoms with Gasteiger partial charge in [0.25, 0.3) is 0 Å². The fourth-order valence-corrected chi connectivity index (χ4v) is 2.20. The second kappa shape index (κ2) is 6.49. The second-order valence-electron chi connectivity index (χ2n) is 5.12. The summed E-state index contributed by atoms with van der Waals surface area (Å²) in [5.41, 5.74) is 0.460. The number of hydrogen-bond acceptors (Lipinski definition) is 2. The zero-order valence-corrected chi connectivity index (χ0v) is 10.6. The Bertz CT molecular complexity index is 166. The van der Waals surface area contributed by atoms with Crippen molar-refractivity contribution in [2.24, 2.45) is 5.41 Å². The molecule has 0 bridgehead atoms. The number of hydrogen-bond donors (Lipinski definition) is 1. The highest BCUT2D eigenvalue weighted by Gasteiger charge is 2.24. The minimum atomic E-state index is 0.460. The third kappa shape index (κ3) is 4.52. The Morgan fingerprint density at radius 3 is 2.73 bits per heavy atom. The smallest absolute Gasteiger partial charge is 0.0576 e. The predicted molar refractivity (Wildman–Crippen MR) is 65.1 cm³/mol. The van der Waals surface area contributed by atoms with E-state index >= 15 is 0 Å². The van der Waals surface area contributed by atoms with Gasteiger partial charge in [-0.1, -0.05) is 20.8 Å². The molecule has 1 saturated heterocycles. The maximum Gasteiger partial charge on any atom is 0.0576 e. The zero-order chi connectivity index (χ0) is 11.1. The molecule has 0 aliphatic carbocycles. The second-order valence-corrected chi connectivity index (χ2v) is 5.12. The van der Waals surface area contributed by atoms with Crippen molar-refractivity contribution in [3.8, 4) is 0 Å². The number of rotatable bonds is 7. The summed E-state index contributed by atoms with van der Waals surface area (Å²) >= 11 is 0. The van der Waals surface area contributed by atoms with Gasteiger partial charge in [0.1, 0.15) is 0 Å². The van der Waals surface area contributed by atoms with Gasteiger partial charge in [0.15, 0.2) is 0 Å². The normalized spacial score (nSPS) is 25.4. The Morgan fingerprint density at radius 2 is 2.20 bits per heavy atom. The Balaban J connectivity index is 2.24. The summed E-state index contributed by atoms with van der Waals surface area (Å²) in [5.74, 6) is 0. The molecule has 2 unspecified atom stereocenters. The average molecular weight is 213 g/mol. The molecule has 0 radical (unpaired) electrons. The molecule has 0 aromatic heterocycles. The minimum absolute atomic E-state index is 0.460. The molecule has 15 heavy (non-hydrogen) atoms. The Morgan fingerprint density at radius 1 is 1.40 bits per heavy atom. The molecule has 2 heteroatoms. The number of ether oxygens (including phenoxy) is 1. The molecule has 1 aliphatic rings. The van der Waals surface area contributed by atoms with Gasteiger partial charge in [-0.3, -0.25) is 0 Å². The molecule has 1 N–H and O–H groups in total. The van der Waals surface area contributed by atoms with E-state index < -0.39 is 0 Å². The van der Waals surface area contributed by atoms with Gasteiger partial charge < -0.3 is 10.1 Å². The lowest BCUT2D eigenvalue weighted by atomic mass is 9.81. The third-order valence-corrected chi connectivity index (χ3v) is 3.75. The van der Waals surface area contributed by atoms with Gasteiger partial charge in [-0.15, -0.1) is 0 Å². The quantitative estimate of drug-likeness (QED) is 0.702. The van der Waals surface area contributed by atoms with Crippen LogP contribution in [0.4, 0.5) is 0 Å². The van der Waals surface area contributed by atoms with Crippen molar-refractivity contribution in [2.45, 2.75) is 59.0 Å². The minimum Gasteiger partial charge on any atom is -0.378 e. The highest BCUT2D eigenvalue weighted by Crippen LogP contribution is 2.29. The molecule has 90 valence electrons. The molecule has 1 heterocycles. The molecule has 0 amide bonds. The Labute approximate surface area is 94.8 Å². The molecule has 0 spiro atoms. The van der Waals surface area contributed by atoms with E-state index in [-0.39, 0.29) is 0 Å². The van der Waals surface area contributed by atoms with E-state index in [4.69, 9.17) is 4.74 Å². The Kier molecular flexibility index (Phi) is 5.62. The van der Waals surface area contributed by atoms with Crippen LogP contribution in [-0.4, -0.2) is 25.8 Å². The van der Waals surface area contributed by atoms with Crippen molar-refractivity contribution < 1.29 is 4.74 Å². The summed E-state index contributed by atoms with van der Waals surface area (Å²) in [7, 11) is 0. The van der Waals surface area contributed by atoms with E-state index in [1.54, 1.807) is 0 Å². The van der Waals surface area contributed by atoms with E-state index in [0.717, 1.165) is 19.7 Å². The standard InChI is InChI=1S/C13H27NO/c1-4-13(3,11-14-5-2)9-8-12-7-6-10-15-12/h12,14H,4-11H2,1-3H3. The monoisotopic (exact) mass is 213 g/mol. The molecule has 1 fully saturated rings. The van der Waals surface area contributed by atoms with Crippen LogP contribution in [0.15, 0.2) is 0 Å². The maximum atomic E-state index is 5.68. The van der Waals surface area contributed by atoms with Crippen molar-refractivity contribution in [3.05, 3.63) is 0 Å². The van der Waals surface area contributed by atoms with Crippen LogP contribution in [0.25, 0.3) is 0 Å². The van der Waals surface area contributed by atoms with Gasteiger partial charge >= 0.3 is 0 Å².